The summed E-state index contributed by atoms with van der Waals surface area (Å²) in [5.41, 5.74) is 2.08. The first kappa shape index (κ1) is 15.3. The Kier molecular flexibility index (Phi) is 3.81. The summed E-state index contributed by atoms with van der Waals surface area (Å²) in [5, 5.41) is 0.600. The molecule has 0 spiro atoms. The number of aromatic nitrogens is 1. The van der Waals surface area contributed by atoms with Crippen LogP contribution in [0.15, 0.2) is 30.5 Å². The minimum atomic E-state index is -0.0136. The largest absolute Gasteiger partial charge is 0.496 e. The van der Waals surface area contributed by atoms with E-state index in [0.29, 0.717) is 28.8 Å². The van der Waals surface area contributed by atoms with Gasteiger partial charge in [-0.3, -0.25) is 4.79 Å². The lowest BCUT2D eigenvalue weighted by Crippen LogP contribution is -2.36. The zero-order valence-corrected chi connectivity index (χ0v) is 14.0. The van der Waals surface area contributed by atoms with Crippen molar-refractivity contribution < 1.29 is 14.3 Å². The van der Waals surface area contributed by atoms with E-state index in [1.165, 1.54) is 0 Å². The van der Waals surface area contributed by atoms with Gasteiger partial charge in [0.25, 0.3) is 5.91 Å². The fourth-order valence-electron chi connectivity index (χ4n) is 3.38. The molecule has 4 rings (SSSR count). The van der Waals surface area contributed by atoms with Crippen LogP contribution < -0.4 is 9.47 Å². The van der Waals surface area contributed by atoms with Crippen LogP contribution >= 0.6 is 11.6 Å². The summed E-state index contributed by atoms with van der Waals surface area (Å²) < 4.78 is 11.2. The maximum Gasteiger partial charge on any atom is 0.259 e. The van der Waals surface area contributed by atoms with E-state index in [4.69, 9.17) is 21.1 Å². The smallest absolute Gasteiger partial charge is 0.259 e. The molecule has 6 heteroatoms. The van der Waals surface area contributed by atoms with Gasteiger partial charge in [0.15, 0.2) is 0 Å². The van der Waals surface area contributed by atoms with Crippen molar-refractivity contribution in [3.05, 3.63) is 41.0 Å². The van der Waals surface area contributed by atoms with E-state index in [0.717, 1.165) is 30.5 Å². The van der Waals surface area contributed by atoms with Crippen molar-refractivity contribution in [3.8, 4) is 22.8 Å². The molecule has 1 atom stereocenters. The standard InChI is InChI=1S/C18H17ClN2O3/c1-23-16-5-4-12(19)8-14(16)11-7-15-17(20-9-11)24-10-13-3-2-6-21(13)18(15)22/h4-5,7-9,13H,2-3,6,10H2,1H3. The minimum Gasteiger partial charge on any atom is -0.496 e. The molecule has 0 N–H and O–H groups in total. The summed E-state index contributed by atoms with van der Waals surface area (Å²) in [6.45, 7) is 1.28. The summed E-state index contributed by atoms with van der Waals surface area (Å²) in [5.74, 6) is 1.07. The average molecular weight is 345 g/mol. The van der Waals surface area contributed by atoms with Gasteiger partial charge in [0.05, 0.1) is 13.2 Å². The molecule has 2 aromatic rings. The van der Waals surface area contributed by atoms with E-state index < -0.39 is 0 Å². The van der Waals surface area contributed by atoms with Crippen molar-refractivity contribution >= 4 is 17.5 Å². The van der Waals surface area contributed by atoms with E-state index >= 15 is 0 Å². The molecule has 0 saturated carbocycles. The van der Waals surface area contributed by atoms with Crippen LogP contribution in [0.5, 0.6) is 11.6 Å². The molecule has 0 radical (unpaired) electrons. The van der Waals surface area contributed by atoms with Crippen LogP contribution in [0.1, 0.15) is 23.2 Å². The molecule has 24 heavy (non-hydrogen) atoms. The fourth-order valence-corrected chi connectivity index (χ4v) is 3.55. The molecule has 1 amide bonds. The van der Waals surface area contributed by atoms with Gasteiger partial charge in [0.2, 0.25) is 5.88 Å². The molecular formula is C18H17ClN2O3. The predicted molar refractivity (Wildman–Crippen MR) is 90.8 cm³/mol. The third-order valence-corrected chi connectivity index (χ3v) is 4.84. The molecule has 5 nitrogen and oxygen atoms in total. The minimum absolute atomic E-state index is 0.0136. The van der Waals surface area contributed by atoms with Gasteiger partial charge in [-0.15, -0.1) is 0 Å². The number of pyridine rings is 1. The van der Waals surface area contributed by atoms with Crippen LogP contribution in [0.25, 0.3) is 11.1 Å². The maximum absolute atomic E-state index is 12.9. The summed E-state index contributed by atoms with van der Waals surface area (Å²) in [4.78, 5) is 19.1. The van der Waals surface area contributed by atoms with Gasteiger partial charge < -0.3 is 14.4 Å². The molecule has 0 aliphatic carbocycles. The van der Waals surface area contributed by atoms with Crippen molar-refractivity contribution in [3.63, 3.8) is 0 Å². The summed E-state index contributed by atoms with van der Waals surface area (Å²) in [6.07, 6.45) is 3.69. The average Bonchev–Trinajstić information content (AvgIpc) is 3.03. The second-order valence-corrected chi connectivity index (χ2v) is 6.46. The van der Waals surface area contributed by atoms with Crippen LogP contribution in [0.3, 0.4) is 0 Å². The van der Waals surface area contributed by atoms with Gasteiger partial charge >= 0.3 is 0 Å². The quantitative estimate of drug-likeness (QED) is 0.837. The van der Waals surface area contributed by atoms with E-state index in [2.05, 4.69) is 4.98 Å². The molecule has 1 aromatic heterocycles. The first-order valence-electron chi connectivity index (χ1n) is 7.95. The summed E-state index contributed by atoms with van der Waals surface area (Å²) in [7, 11) is 1.60. The van der Waals surface area contributed by atoms with Crippen LogP contribution in [-0.2, 0) is 0 Å². The second kappa shape index (κ2) is 5.98. The Morgan fingerprint density at radius 2 is 2.21 bits per heavy atom. The van der Waals surface area contributed by atoms with Gasteiger partial charge in [0.1, 0.15) is 17.9 Å². The number of benzene rings is 1. The lowest BCUT2D eigenvalue weighted by atomic mass is 10.0. The number of nitrogens with zero attached hydrogens (tertiary/aromatic N) is 2. The number of carbonyl (C=O) groups excluding carboxylic acids is 1. The van der Waals surface area contributed by atoms with Crippen LogP contribution in [-0.4, -0.2) is 42.1 Å². The second-order valence-electron chi connectivity index (χ2n) is 6.03. The first-order chi connectivity index (χ1) is 11.7. The molecule has 2 aliphatic heterocycles. The number of hydrogen-bond acceptors (Lipinski definition) is 4. The van der Waals surface area contributed by atoms with E-state index in [9.17, 15) is 4.79 Å². The van der Waals surface area contributed by atoms with Crippen molar-refractivity contribution in [1.29, 1.82) is 0 Å². The fraction of sp³-hybridized carbons (Fsp3) is 0.333. The van der Waals surface area contributed by atoms with Crippen LogP contribution in [0, 0.1) is 0 Å². The Morgan fingerprint density at radius 1 is 1.33 bits per heavy atom. The molecule has 1 saturated heterocycles. The molecule has 0 bridgehead atoms. The number of amides is 1. The number of fused-ring (bicyclic) bond motifs is 2. The molecule has 1 fully saturated rings. The maximum atomic E-state index is 12.9. The number of carbonyl (C=O) groups is 1. The normalized spacial score (nSPS) is 19.3. The van der Waals surface area contributed by atoms with Crippen molar-refractivity contribution in [2.75, 3.05) is 20.3 Å². The van der Waals surface area contributed by atoms with Gasteiger partial charge in [-0.05, 0) is 37.1 Å². The highest BCUT2D eigenvalue weighted by Crippen LogP contribution is 2.35. The number of halogens is 1. The Bertz CT molecular complexity index is 809. The number of methoxy groups -OCH3 is 1. The van der Waals surface area contributed by atoms with Crippen molar-refractivity contribution in [2.45, 2.75) is 18.9 Å². The van der Waals surface area contributed by atoms with Gasteiger partial charge in [0, 0.05) is 28.9 Å². The molecule has 1 aromatic carbocycles. The highest BCUT2D eigenvalue weighted by atomic mass is 35.5. The topological polar surface area (TPSA) is 51.7 Å². The number of rotatable bonds is 2. The van der Waals surface area contributed by atoms with Crippen molar-refractivity contribution in [2.24, 2.45) is 0 Å². The van der Waals surface area contributed by atoms with E-state index in [1.807, 2.05) is 17.0 Å². The highest BCUT2D eigenvalue weighted by molar-refractivity contribution is 6.31. The Balaban J connectivity index is 1.80. The lowest BCUT2D eigenvalue weighted by molar-refractivity contribution is 0.0726. The number of ether oxygens (including phenoxy) is 2. The van der Waals surface area contributed by atoms with Crippen LogP contribution in [0.4, 0.5) is 0 Å². The molecule has 124 valence electrons. The third-order valence-electron chi connectivity index (χ3n) is 4.60. The zero-order valence-electron chi connectivity index (χ0n) is 13.3. The van der Waals surface area contributed by atoms with Gasteiger partial charge in [-0.2, -0.15) is 0 Å². The van der Waals surface area contributed by atoms with Crippen LogP contribution in [0.2, 0.25) is 5.02 Å². The molecule has 2 aliphatic rings. The molecular weight excluding hydrogens is 328 g/mol. The van der Waals surface area contributed by atoms with E-state index in [1.54, 1.807) is 25.4 Å². The predicted octanol–water partition coefficient (Wildman–Crippen LogP) is 3.41. The molecule has 3 heterocycles. The van der Waals surface area contributed by atoms with Crippen molar-refractivity contribution in [1.82, 2.24) is 9.88 Å². The highest BCUT2D eigenvalue weighted by Gasteiger charge is 2.35. The Hall–Kier alpha value is -2.27. The summed E-state index contributed by atoms with van der Waals surface area (Å²) in [6, 6.07) is 7.35. The monoisotopic (exact) mass is 344 g/mol. The zero-order chi connectivity index (χ0) is 16.7. The first-order valence-corrected chi connectivity index (χ1v) is 8.33. The third kappa shape index (κ3) is 2.49. The Morgan fingerprint density at radius 3 is 3.04 bits per heavy atom. The Labute approximate surface area is 145 Å². The molecule has 1 unspecified atom stereocenters. The number of hydrogen-bond donors (Lipinski definition) is 0. The van der Waals surface area contributed by atoms with Gasteiger partial charge in [-0.1, -0.05) is 11.6 Å². The SMILES string of the molecule is COc1ccc(Cl)cc1-c1cnc2c(c1)C(=O)N1CCCC1CO2. The van der Waals surface area contributed by atoms with Gasteiger partial charge in [-0.25, -0.2) is 4.98 Å². The van der Waals surface area contributed by atoms with E-state index in [-0.39, 0.29) is 11.9 Å². The summed E-state index contributed by atoms with van der Waals surface area (Å²) >= 11 is 6.12. The lowest BCUT2D eigenvalue weighted by Gasteiger charge is -2.20.